The molecule has 0 aromatic heterocycles. The first-order valence-corrected chi connectivity index (χ1v) is 4.76. The summed E-state index contributed by atoms with van der Waals surface area (Å²) in [6, 6.07) is 7.60. The summed E-state index contributed by atoms with van der Waals surface area (Å²) in [5.41, 5.74) is 7.95. The van der Waals surface area contributed by atoms with Crippen LogP contribution in [0.5, 0.6) is 0 Å². The molecule has 0 radical (unpaired) electrons. The molecule has 0 bridgehead atoms. The average molecular weight is 190 g/mol. The van der Waals surface area contributed by atoms with Gasteiger partial charge in [0.05, 0.1) is 6.04 Å². The Morgan fingerprint density at radius 2 is 2.14 bits per heavy atom. The number of carbonyl (C=O) groups is 1. The molecule has 0 amide bonds. The van der Waals surface area contributed by atoms with Gasteiger partial charge < -0.3 is 10.6 Å². The molecule has 0 aliphatic carbocycles. The Bertz CT molecular complexity index is 362. The highest BCUT2D eigenvalue weighted by Gasteiger charge is 2.22. The van der Waals surface area contributed by atoms with Gasteiger partial charge in [-0.1, -0.05) is 18.2 Å². The molecule has 1 aromatic rings. The van der Waals surface area contributed by atoms with Gasteiger partial charge in [-0.2, -0.15) is 0 Å². The number of hydrogen-bond donors (Lipinski definition) is 1. The minimum atomic E-state index is -0.354. The highest BCUT2D eigenvalue weighted by molar-refractivity contribution is 5.89. The summed E-state index contributed by atoms with van der Waals surface area (Å²) in [4.78, 5) is 13.6. The Labute approximate surface area is 83.5 Å². The number of nitrogens with two attached hydrogens (primary N) is 1. The fourth-order valence-corrected chi connectivity index (χ4v) is 1.85. The molecule has 2 N–H and O–H groups in total. The quantitative estimate of drug-likeness (QED) is 0.650. The number of hydrogen-bond acceptors (Lipinski definition) is 3. The minimum absolute atomic E-state index is 0.127. The van der Waals surface area contributed by atoms with Gasteiger partial charge in [0.15, 0.2) is 5.78 Å². The van der Waals surface area contributed by atoms with E-state index in [1.807, 2.05) is 36.2 Å². The van der Waals surface area contributed by atoms with E-state index in [1.165, 1.54) is 0 Å². The van der Waals surface area contributed by atoms with E-state index in [0.717, 1.165) is 11.3 Å². The van der Waals surface area contributed by atoms with Gasteiger partial charge in [0.1, 0.15) is 0 Å². The molecule has 3 nitrogen and oxygen atoms in total. The van der Waals surface area contributed by atoms with Crippen molar-refractivity contribution >= 4 is 11.5 Å². The largest absolute Gasteiger partial charge is 0.372 e. The van der Waals surface area contributed by atoms with Crippen LogP contribution in [0.3, 0.4) is 0 Å². The summed E-state index contributed by atoms with van der Waals surface area (Å²) in [5.74, 6) is 0.127. The Morgan fingerprint density at radius 1 is 1.43 bits per heavy atom. The maximum atomic E-state index is 11.6. The Kier molecular flexibility index (Phi) is 2.25. The van der Waals surface area contributed by atoms with Crippen LogP contribution in [0.4, 0.5) is 5.69 Å². The van der Waals surface area contributed by atoms with Crippen LogP contribution in [0.1, 0.15) is 5.56 Å². The fraction of sp³-hybridized carbons (Fsp3) is 0.364. The van der Waals surface area contributed by atoms with Crippen molar-refractivity contribution in [3.05, 3.63) is 29.8 Å². The summed E-state index contributed by atoms with van der Waals surface area (Å²) < 4.78 is 0. The van der Waals surface area contributed by atoms with Crippen LogP contribution in [0.2, 0.25) is 0 Å². The first-order chi connectivity index (χ1) is 6.68. The molecule has 1 aromatic carbocycles. The summed E-state index contributed by atoms with van der Waals surface area (Å²) in [7, 11) is 1.97. The lowest BCUT2D eigenvalue weighted by atomic mass is 10.1. The Morgan fingerprint density at radius 3 is 2.93 bits per heavy atom. The molecule has 1 atom stereocenters. The molecule has 1 aliphatic heterocycles. The SMILES string of the molecule is CN1C[C@H](N)C(=O)Cc2ccccc21. The summed E-state index contributed by atoms with van der Waals surface area (Å²) in [5, 5.41) is 0. The number of rotatable bonds is 0. The van der Waals surface area contributed by atoms with Gasteiger partial charge >= 0.3 is 0 Å². The van der Waals surface area contributed by atoms with E-state index in [9.17, 15) is 4.79 Å². The Balaban J connectivity index is 2.43. The second-order valence-corrected chi connectivity index (χ2v) is 3.76. The van der Waals surface area contributed by atoms with Crippen LogP contribution >= 0.6 is 0 Å². The van der Waals surface area contributed by atoms with Gasteiger partial charge in [0.2, 0.25) is 0 Å². The van der Waals surface area contributed by atoms with Crippen LogP contribution in [0.25, 0.3) is 0 Å². The van der Waals surface area contributed by atoms with Crippen molar-refractivity contribution in [2.24, 2.45) is 5.73 Å². The molecule has 3 heteroatoms. The molecule has 0 saturated carbocycles. The van der Waals surface area contributed by atoms with Crippen molar-refractivity contribution < 1.29 is 4.79 Å². The third-order valence-electron chi connectivity index (χ3n) is 2.65. The van der Waals surface area contributed by atoms with E-state index in [0.29, 0.717) is 13.0 Å². The molecule has 0 saturated heterocycles. The van der Waals surface area contributed by atoms with E-state index in [4.69, 9.17) is 5.73 Å². The predicted molar refractivity (Wildman–Crippen MR) is 56.4 cm³/mol. The van der Waals surface area contributed by atoms with Crippen molar-refractivity contribution in [2.45, 2.75) is 12.5 Å². The molecule has 74 valence electrons. The molecule has 0 spiro atoms. The summed E-state index contributed by atoms with van der Waals surface area (Å²) in [6.07, 6.45) is 0.460. The second kappa shape index (κ2) is 3.42. The van der Waals surface area contributed by atoms with Gasteiger partial charge in [-0.15, -0.1) is 0 Å². The Hall–Kier alpha value is -1.35. The zero-order valence-electron chi connectivity index (χ0n) is 8.23. The molecule has 1 aliphatic rings. The van der Waals surface area contributed by atoms with E-state index in [-0.39, 0.29) is 11.8 Å². The number of anilines is 1. The van der Waals surface area contributed by atoms with Crippen molar-refractivity contribution in [2.75, 3.05) is 18.5 Å². The van der Waals surface area contributed by atoms with E-state index in [2.05, 4.69) is 0 Å². The summed E-state index contributed by atoms with van der Waals surface area (Å²) in [6.45, 7) is 0.607. The van der Waals surface area contributed by atoms with Crippen molar-refractivity contribution in [1.82, 2.24) is 0 Å². The first-order valence-electron chi connectivity index (χ1n) is 4.76. The van der Waals surface area contributed by atoms with Crippen LogP contribution in [-0.2, 0) is 11.2 Å². The van der Waals surface area contributed by atoms with E-state index < -0.39 is 0 Å². The lowest BCUT2D eigenvalue weighted by Crippen LogP contribution is -2.39. The van der Waals surface area contributed by atoms with Crippen molar-refractivity contribution in [3.63, 3.8) is 0 Å². The lowest BCUT2D eigenvalue weighted by Gasteiger charge is -2.20. The number of para-hydroxylation sites is 1. The number of Topliss-reactive ketones (excluding diaryl/α,β-unsaturated/α-hetero) is 1. The smallest absolute Gasteiger partial charge is 0.155 e. The molecule has 14 heavy (non-hydrogen) atoms. The summed E-state index contributed by atoms with van der Waals surface area (Å²) >= 11 is 0. The van der Waals surface area contributed by atoms with Gasteiger partial charge in [-0.3, -0.25) is 4.79 Å². The second-order valence-electron chi connectivity index (χ2n) is 3.76. The maximum absolute atomic E-state index is 11.6. The lowest BCUT2D eigenvalue weighted by molar-refractivity contribution is -0.119. The minimum Gasteiger partial charge on any atom is -0.372 e. The number of nitrogens with zero attached hydrogens (tertiary/aromatic N) is 1. The first kappa shape index (κ1) is 9.21. The molecule has 2 rings (SSSR count). The zero-order chi connectivity index (χ0) is 10.1. The molecular formula is C11H14N2O. The monoisotopic (exact) mass is 190 g/mol. The predicted octanol–water partition coefficient (Wildman–Crippen LogP) is 0.575. The number of carbonyl (C=O) groups excluding carboxylic acids is 1. The molecule has 1 heterocycles. The highest BCUT2D eigenvalue weighted by atomic mass is 16.1. The number of fused-ring (bicyclic) bond motifs is 1. The molecule has 0 unspecified atom stereocenters. The molecule has 0 fully saturated rings. The van der Waals surface area contributed by atoms with Gasteiger partial charge in [0.25, 0.3) is 0 Å². The van der Waals surface area contributed by atoms with E-state index in [1.54, 1.807) is 0 Å². The normalized spacial score (nSPS) is 21.7. The molecular weight excluding hydrogens is 176 g/mol. The van der Waals surface area contributed by atoms with Gasteiger partial charge in [-0.25, -0.2) is 0 Å². The van der Waals surface area contributed by atoms with Crippen molar-refractivity contribution in [1.29, 1.82) is 0 Å². The average Bonchev–Trinajstić information content (AvgIpc) is 2.27. The van der Waals surface area contributed by atoms with Gasteiger partial charge in [-0.05, 0) is 11.6 Å². The van der Waals surface area contributed by atoms with Crippen molar-refractivity contribution in [3.8, 4) is 0 Å². The van der Waals surface area contributed by atoms with Crippen LogP contribution in [0, 0.1) is 0 Å². The van der Waals surface area contributed by atoms with Crippen LogP contribution < -0.4 is 10.6 Å². The third kappa shape index (κ3) is 1.51. The number of benzene rings is 1. The number of likely N-dealkylation sites (N-methyl/N-ethyl adjacent to an activating group) is 1. The number of ketones is 1. The zero-order valence-corrected chi connectivity index (χ0v) is 8.23. The fourth-order valence-electron chi connectivity index (χ4n) is 1.85. The standard InChI is InChI=1S/C11H14N2O/c1-13-7-9(12)11(14)6-8-4-2-3-5-10(8)13/h2-5,9H,6-7,12H2,1H3/t9-/m0/s1. The van der Waals surface area contributed by atoms with Crippen LogP contribution in [0.15, 0.2) is 24.3 Å². The third-order valence-corrected chi connectivity index (χ3v) is 2.65. The maximum Gasteiger partial charge on any atom is 0.155 e. The highest BCUT2D eigenvalue weighted by Crippen LogP contribution is 2.22. The van der Waals surface area contributed by atoms with E-state index >= 15 is 0 Å². The topological polar surface area (TPSA) is 46.3 Å². The van der Waals surface area contributed by atoms with Crippen LogP contribution in [-0.4, -0.2) is 25.4 Å². The van der Waals surface area contributed by atoms with Gasteiger partial charge in [0, 0.05) is 25.7 Å².